The molecule has 0 saturated heterocycles. The average Bonchev–Trinajstić information content (AvgIpc) is 2.46. The number of carbonyl (C=O) groups is 1. The van der Waals surface area contributed by atoms with E-state index >= 15 is 0 Å². The Kier molecular flexibility index (Phi) is 4.67. The first-order chi connectivity index (χ1) is 9.16. The van der Waals surface area contributed by atoms with E-state index in [1.54, 1.807) is 19.4 Å². The van der Waals surface area contributed by atoms with Crippen molar-refractivity contribution < 1.29 is 9.53 Å². The van der Waals surface area contributed by atoms with E-state index in [-0.39, 0.29) is 6.61 Å². The number of amides is 1. The maximum absolute atomic E-state index is 11.8. The maximum Gasteiger partial charge on any atom is 0.416 e. The van der Waals surface area contributed by atoms with E-state index in [1.807, 2.05) is 30.3 Å². The minimum atomic E-state index is -0.481. The van der Waals surface area contributed by atoms with Crippen LogP contribution in [0.3, 0.4) is 0 Å². The van der Waals surface area contributed by atoms with Gasteiger partial charge in [0, 0.05) is 23.0 Å². The fraction of sp³-hybridized carbons (Fsp3) is 0.154. The molecule has 0 fully saturated rings. The number of benzene rings is 1. The topological polar surface area (TPSA) is 55.3 Å². The fourth-order valence-electron chi connectivity index (χ4n) is 1.38. The van der Waals surface area contributed by atoms with Crippen molar-refractivity contribution in [3.8, 4) is 0 Å². The highest BCUT2D eigenvalue weighted by atomic mass is 127. The molecule has 0 aliphatic carbocycles. The summed E-state index contributed by atoms with van der Waals surface area (Å²) in [6, 6.07) is 9.50. The van der Waals surface area contributed by atoms with Crippen molar-refractivity contribution in [1.29, 1.82) is 0 Å². The lowest BCUT2D eigenvalue weighted by Crippen LogP contribution is -2.28. The summed E-state index contributed by atoms with van der Waals surface area (Å²) >= 11 is 2.10. The summed E-state index contributed by atoms with van der Waals surface area (Å²) in [6.07, 6.45) is 2.80. The predicted octanol–water partition coefficient (Wildman–Crippen LogP) is 2.85. The lowest BCUT2D eigenvalue weighted by molar-refractivity contribution is 0.148. The summed E-state index contributed by atoms with van der Waals surface area (Å²) in [5.74, 6) is 0.318. The van der Waals surface area contributed by atoms with Crippen LogP contribution in [0, 0.1) is 3.57 Å². The second-order valence-corrected chi connectivity index (χ2v) is 5.05. The quantitative estimate of drug-likeness (QED) is 0.781. The monoisotopic (exact) mass is 369 g/mol. The van der Waals surface area contributed by atoms with Crippen molar-refractivity contribution >= 4 is 34.6 Å². The molecule has 0 saturated carbocycles. The van der Waals surface area contributed by atoms with Gasteiger partial charge in [-0.1, -0.05) is 30.3 Å². The molecule has 0 aliphatic heterocycles. The Bertz CT molecular complexity index is 546. The summed E-state index contributed by atoms with van der Waals surface area (Å²) in [5.41, 5.74) is 0.938. The molecule has 2 aromatic rings. The van der Waals surface area contributed by atoms with Crippen LogP contribution in [0.15, 0.2) is 42.7 Å². The van der Waals surface area contributed by atoms with E-state index < -0.39 is 6.09 Å². The van der Waals surface area contributed by atoms with Gasteiger partial charge in [0.15, 0.2) is 0 Å². The van der Waals surface area contributed by atoms with Crippen LogP contribution in [0.2, 0.25) is 0 Å². The highest BCUT2D eigenvalue weighted by Crippen LogP contribution is 2.09. The van der Waals surface area contributed by atoms with E-state index in [9.17, 15) is 4.79 Å². The van der Waals surface area contributed by atoms with Gasteiger partial charge in [0.05, 0.1) is 0 Å². The first-order valence-electron chi connectivity index (χ1n) is 5.59. The van der Waals surface area contributed by atoms with Crippen LogP contribution in [0.1, 0.15) is 5.56 Å². The summed E-state index contributed by atoms with van der Waals surface area (Å²) in [6.45, 7) is 0.231. The van der Waals surface area contributed by atoms with Crippen molar-refractivity contribution in [2.75, 3.05) is 11.9 Å². The second kappa shape index (κ2) is 6.46. The van der Waals surface area contributed by atoms with Crippen LogP contribution in [-0.2, 0) is 11.3 Å². The Morgan fingerprint density at radius 3 is 2.53 bits per heavy atom. The average molecular weight is 369 g/mol. The molecule has 98 valence electrons. The van der Waals surface area contributed by atoms with E-state index in [4.69, 9.17) is 4.74 Å². The third-order valence-electron chi connectivity index (χ3n) is 2.39. The lowest BCUT2D eigenvalue weighted by atomic mass is 10.2. The summed E-state index contributed by atoms with van der Waals surface area (Å²) < 4.78 is 6.09. The number of carbonyl (C=O) groups excluding carboxylic acids is 1. The lowest BCUT2D eigenvalue weighted by Gasteiger charge is -2.14. The standard InChI is InChI=1S/C13H12IN3O2/c1-17(12-15-7-11(14)8-16-12)13(18)19-9-10-5-3-2-4-6-10/h2-8H,9H2,1H3. The molecule has 1 heterocycles. The third-order valence-corrected chi connectivity index (χ3v) is 2.94. The predicted molar refractivity (Wildman–Crippen MR) is 79.8 cm³/mol. The van der Waals surface area contributed by atoms with Gasteiger partial charge in [0.2, 0.25) is 5.95 Å². The zero-order valence-corrected chi connectivity index (χ0v) is 12.4. The van der Waals surface area contributed by atoms with Gasteiger partial charge in [-0.25, -0.2) is 19.7 Å². The Morgan fingerprint density at radius 1 is 1.26 bits per heavy atom. The summed E-state index contributed by atoms with van der Waals surface area (Å²) in [7, 11) is 1.58. The molecule has 0 bridgehead atoms. The van der Waals surface area contributed by atoms with Crippen LogP contribution in [-0.4, -0.2) is 23.1 Å². The normalized spacial score (nSPS) is 10.0. The van der Waals surface area contributed by atoms with E-state index in [0.29, 0.717) is 5.95 Å². The van der Waals surface area contributed by atoms with Crippen LogP contribution >= 0.6 is 22.6 Å². The first-order valence-corrected chi connectivity index (χ1v) is 6.66. The minimum absolute atomic E-state index is 0.231. The van der Waals surface area contributed by atoms with Crippen molar-refractivity contribution in [2.45, 2.75) is 6.61 Å². The second-order valence-electron chi connectivity index (χ2n) is 3.80. The molecule has 0 atom stereocenters. The molecular formula is C13H12IN3O2. The molecule has 0 radical (unpaired) electrons. The molecule has 2 rings (SSSR count). The number of hydrogen-bond acceptors (Lipinski definition) is 4. The van der Waals surface area contributed by atoms with Crippen LogP contribution < -0.4 is 4.90 Å². The van der Waals surface area contributed by atoms with Gasteiger partial charge in [0.25, 0.3) is 0 Å². The zero-order valence-electron chi connectivity index (χ0n) is 10.3. The highest BCUT2D eigenvalue weighted by Gasteiger charge is 2.14. The van der Waals surface area contributed by atoms with Gasteiger partial charge in [-0.3, -0.25) is 0 Å². The number of nitrogens with zero attached hydrogens (tertiary/aromatic N) is 3. The van der Waals surface area contributed by atoms with Gasteiger partial charge in [-0.15, -0.1) is 0 Å². The van der Waals surface area contributed by atoms with Crippen LogP contribution in [0.25, 0.3) is 0 Å². The van der Waals surface area contributed by atoms with E-state index in [1.165, 1.54) is 4.90 Å². The van der Waals surface area contributed by atoms with Gasteiger partial charge < -0.3 is 4.74 Å². The largest absolute Gasteiger partial charge is 0.444 e. The van der Waals surface area contributed by atoms with Crippen molar-refractivity contribution in [2.24, 2.45) is 0 Å². The number of hydrogen-bond donors (Lipinski definition) is 0. The first kappa shape index (κ1) is 13.7. The molecule has 1 aromatic carbocycles. The Hall–Kier alpha value is -1.70. The zero-order chi connectivity index (χ0) is 13.7. The molecular weight excluding hydrogens is 357 g/mol. The number of halogens is 1. The third kappa shape index (κ3) is 3.88. The van der Waals surface area contributed by atoms with Crippen molar-refractivity contribution in [3.05, 3.63) is 51.9 Å². The summed E-state index contributed by atoms with van der Waals surface area (Å²) in [5, 5.41) is 0. The Morgan fingerprint density at radius 2 is 1.89 bits per heavy atom. The number of rotatable bonds is 3. The number of ether oxygens (including phenoxy) is 1. The van der Waals surface area contributed by atoms with Crippen molar-refractivity contribution in [1.82, 2.24) is 9.97 Å². The summed E-state index contributed by atoms with van der Waals surface area (Å²) in [4.78, 5) is 21.2. The molecule has 0 spiro atoms. The number of aromatic nitrogens is 2. The Labute approximate surface area is 124 Å². The molecule has 0 unspecified atom stereocenters. The highest BCUT2D eigenvalue weighted by molar-refractivity contribution is 14.1. The molecule has 19 heavy (non-hydrogen) atoms. The van der Waals surface area contributed by atoms with Crippen molar-refractivity contribution in [3.63, 3.8) is 0 Å². The van der Waals surface area contributed by atoms with E-state index in [2.05, 4.69) is 32.6 Å². The Balaban J connectivity index is 1.94. The molecule has 0 N–H and O–H groups in total. The van der Waals surface area contributed by atoms with Crippen LogP contribution in [0.4, 0.5) is 10.7 Å². The molecule has 5 nitrogen and oxygen atoms in total. The van der Waals surface area contributed by atoms with Gasteiger partial charge >= 0.3 is 6.09 Å². The van der Waals surface area contributed by atoms with Gasteiger partial charge in [0.1, 0.15) is 6.61 Å². The molecule has 6 heteroatoms. The fourth-order valence-corrected chi connectivity index (χ4v) is 1.65. The maximum atomic E-state index is 11.8. The smallest absolute Gasteiger partial charge is 0.416 e. The SMILES string of the molecule is CN(C(=O)OCc1ccccc1)c1ncc(I)cn1. The molecule has 1 aromatic heterocycles. The van der Waals surface area contributed by atoms with Crippen LogP contribution in [0.5, 0.6) is 0 Å². The van der Waals surface area contributed by atoms with E-state index in [0.717, 1.165) is 9.13 Å². The minimum Gasteiger partial charge on any atom is -0.444 e. The van der Waals surface area contributed by atoms with Gasteiger partial charge in [-0.2, -0.15) is 0 Å². The van der Waals surface area contributed by atoms with Gasteiger partial charge in [-0.05, 0) is 28.2 Å². The molecule has 1 amide bonds. The number of anilines is 1. The molecule has 0 aliphatic rings.